The summed E-state index contributed by atoms with van der Waals surface area (Å²) in [5, 5.41) is 3.42. The standard InChI is InChI=1S/C14H16BrN3/c1-3-11-8-12(15)4-5-14(11)17-9-13-6-7-16-10(2)18-13/h4-8,17H,3,9H2,1-2H3. The molecule has 0 radical (unpaired) electrons. The summed E-state index contributed by atoms with van der Waals surface area (Å²) in [6, 6.07) is 8.22. The van der Waals surface area contributed by atoms with Crippen LogP contribution in [-0.4, -0.2) is 9.97 Å². The molecule has 18 heavy (non-hydrogen) atoms. The van der Waals surface area contributed by atoms with Crippen LogP contribution in [0.1, 0.15) is 24.0 Å². The molecule has 94 valence electrons. The van der Waals surface area contributed by atoms with E-state index in [0.717, 1.165) is 34.6 Å². The molecule has 1 N–H and O–H groups in total. The Balaban J connectivity index is 2.10. The normalized spacial score (nSPS) is 10.4. The van der Waals surface area contributed by atoms with Gasteiger partial charge in [0.25, 0.3) is 0 Å². The van der Waals surface area contributed by atoms with Crippen molar-refractivity contribution in [2.75, 3.05) is 5.32 Å². The number of aryl methyl sites for hydroxylation is 2. The quantitative estimate of drug-likeness (QED) is 0.935. The monoisotopic (exact) mass is 305 g/mol. The fourth-order valence-electron chi connectivity index (χ4n) is 1.82. The van der Waals surface area contributed by atoms with E-state index in [1.165, 1.54) is 5.56 Å². The second kappa shape index (κ2) is 5.96. The lowest BCUT2D eigenvalue weighted by Crippen LogP contribution is -2.05. The summed E-state index contributed by atoms with van der Waals surface area (Å²) >= 11 is 3.49. The Labute approximate surface area is 116 Å². The van der Waals surface area contributed by atoms with Crippen LogP contribution in [0, 0.1) is 6.92 Å². The summed E-state index contributed by atoms with van der Waals surface area (Å²) in [5.41, 5.74) is 3.47. The molecule has 0 aliphatic carbocycles. The predicted octanol–water partition coefficient (Wildman–Crippen LogP) is 3.72. The van der Waals surface area contributed by atoms with Gasteiger partial charge in [0.2, 0.25) is 0 Å². The second-order valence-corrected chi connectivity index (χ2v) is 5.02. The summed E-state index contributed by atoms with van der Waals surface area (Å²) < 4.78 is 1.11. The summed E-state index contributed by atoms with van der Waals surface area (Å²) in [7, 11) is 0. The number of hydrogen-bond acceptors (Lipinski definition) is 3. The van der Waals surface area contributed by atoms with E-state index in [2.05, 4.69) is 50.3 Å². The number of hydrogen-bond donors (Lipinski definition) is 1. The molecule has 3 nitrogen and oxygen atoms in total. The SMILES string of the molecule is CCc1cc(Br)ccc1NCc1ccnc(C)n1. The van der Waals surface area contributed by atoms with Crippen LogP contribution in [0.4, 0.5) is 5.69 Å². The van der Waals surface area contributed by atoms with Gasteiger partial charge in [-0.05, 0) is 43.2 Å². The molecule has 4 heteroatoms. The smallest absolute Gasteiger partial charge is 0.125 e. The lowest BCUT2D eigenvalue weighted by atomic mass is 10.1. The maximum absolute atomic E-state index is 4.38. The van der Waals surface area contributed by atoms with Gasteiger partial charge in [0.05, 0.1) is 12.2 Å². The Morgan fingerprint density at radius 2 is 2.11 bits per heavy atom. The van der Waals surface area contributed by atoms with E-state index in [1.54, 1.807) is 6.20 Å². The van der Waals surface area contributed by atoms with Gasteiger partial charge in [-0.15, -0.1) is 0 Å². The molecule has 2 rings (SSSR count). The average Bonchev–Trinajstić information content (AvgIpc) is 2.37. The number of rotatable bonds is 4. The highest BCUT2D eigenvalue weighted by atomic mass is 79.9. The third-order valence-corrected chi connectivity index (χ3v) is 3.24. The van der Waals surface area contributed by atoms with E-state index in [0.29, 0.717) is 0 Å². The van der Waals surface area contributed by atoms with E-state index < -0.39 is 0 Å². The zero-order valence-corrected chi connectivity index (χ0v) is 12.2. The van der Waals surface area contributed by atoms with Crippen molar-refractivity contribution in [1.29, 1.82) is 0 Å². The van der Waals surface area contributed by atoms with Crippen molar-refractivity contribution in [3.8, 4) is 0 Å². The molecule has 0 saturated heterocycles. The summed E-state index contributed by atoms with van der Waals surface area (Å²) in [6.07, 6.45) is 2.80. The lowest BCUT2D eigenvalue weighted by Gasteiger charge is -2.11. The zero-order chi connectivity index (χ0) is 13.0. The predicted molar refractivity (Wildman–Crippen MR) is 77.6 cm³/mol. The van der Waals surface area contributed by atoms with E-state index in [-0.39, 0.29) is 0 Å². The first-order valence-corrected chi connectivity index (χ1v) is 6.79. The van der Waals surface area contributed by atoms with Crippen LogP contribution in [0.25, 0.3) is 0 Å². The molecule has 0 fully saturated rings. The molecule has 0 amide bonds. The third kappa shape index (κ3) is 3.29. The van der Waals surface area contributed by atoms with Crippen molar-refractivity contribution in [1.82, 2.24) is 9.97 Å². The molecule has 2 aromatic rings. The number of anilines is 1. The molecule has 0 spiro atoms. The molecule has 0 bridgehead atoms. The van der Waals surface area contributed by atoms with E-state index >= 15 is 0 Å². The first-order valence-electron chi connectivity index (χ1n) is 6.00. The number of aromatic nitrogens is 2. The summed E-state index contributed by atoms with van der Waals surface area (Å²) in [5.74, 6) is 0.806. The van der Waals surface area contributed by atoms with Gasteiger partial charge in [0, 0.05) is 16.4 Å². The molecular weight excluding hydrogens is 290 g/mol. The van der Waals surface area contributed by atoms with E-state index in [4.69, 9.17) is 0 Å². The summed E-state index contributed by atoms with van der Waals surface area (Å²) in [4.78, 5) is 8.47. The lowest BCUT2D eigenvalue weighted by molar-refractivity contribution is 0.952. The molecule has 0 aliphatic rings. The number of halogens is 1. The molecule has 1 aromatic heterocycles. The number of nitrogens with one attached hydrogen (secondary N) is 1. The van der Waals surface area contributed by atoms with Gasteiger partial charge in [0.1, 0.15) is 5.82 Å². The van der Waals surface area contributed by atoms with Crippen LogP contribution >= 0.6 is 15.9 Å². The van der Waals surface area contributed by atoms with E-state index in [1.807, 2.05) is 19.1 Å². The van der Waals surface area contributed by atoms with Gasteiger partial charge in [-0.1, -0.05) is 22.9 Å². The molecule has 0 unspecified atom stereocenters. The first-order chi connectivity index (χ1) is 8.69. The van der Waals surface area contributed by atoms with Gasteiger partial charge < -0.3 is 5.32 Å². The molecule has 1 heterocycles. The van der Waals surface area contributed by atoms with Crippen molar-refractivity contribution in [2.24, 2.45) is 0 Å². The van der Waals surface area contributed by atoms with Crippen LogP contribution in [0.15, 0.2) is 34.9 Å². The second-order valence-electron chi connectivity index (χ2n) is 4.10. The summed E-state index contributed by atoms with van der Waals surface area (Å²) in [6.45, 7) is 4.78. The topological polar surface area (TPSA) is 37.8 Å². The van der Waals surface area contributed by atoms with Gasteiger partial charge in [0.15, 0.2) is 0 Å². The highest BCUT2D eigenvalue weighted by Crippen LogP contribution is 2.21. The van der Waals surface area contributed by atoms with Crippen molar-refractivity contribution >= 4 is 21.6 Å². The molecule has 0 atom stereocenters. The van der Waals surface area contributed by atoms with Crippen LogP contribution in [0.2, 0.25) is 0 Å². The van der Waals surface area contributed by atoms with Crippen LogP contribution in [0.5, 0.6) is 0 Å². The maximum atomic E-state index is 4.38. The fraction of sp³-hybridized carbons (Fsp3) is 0.286. The van der Waals surface area contributed by atoms with Crippen molar-refractivity contribution < 1.29 is 0 Å². The van der Waals surface area contributed by atoms with E-state index in [9.17, 15) is 0 Å². The fourth-order valence-corrected chi connectivity index (χ4v) is 2.23. The minimum absolute atomic E-state index is 0.720. The van der Waals surface area contributed by atoms with Crippen molar-refractivity contribution in [3.63, 3.8) is 0 Å². The average molecular weight is 306 g/mol. The first kappa shape index (κ1) is 13.0. The molecular formula is C14H16BrN3. The molecule has 1 aromatic carbocycles. The Hall–Kier alpha value is -1.42. The van der Waals surface area contributed by atoms with Crippen LogP contribution in [0.3, 0.4) is 0 Å². The Bertz CT molecular complexity index is 540. The van der Waals surface area contributed by atoms with Gasteiger partial charge >= 0.3 is 0 Å². The Morgan fingerprint density at radius 3 is 2.83 bits per heavy atom. The molecule has 0 aliphatic heterocycles. The van der Waals surface area contributed by atoms with Crippen LogP contribution < -0.4 is 5.32 Å². The van der Waals surface area contributed by atoms with Gasteiger partial charge in [-0.2, -0.15) is 0 Å². The van der Waals surface area contributed by atoms with Gasteiger partial charge in [-0.25, -0.2) is 9.97 Å². The number of benzene rings is 1. The maximum Gasteiger partial charge on any atom is 0.125 e. The zero-order valence-electron chi connectivity index (χ0n) is 10.6. The third-order valence-electron chi connectivity index (χ3n) is 2.74. The van der Waals surface area contributed by atoms with Crippen molar-refractivity contribution in [2.45, 2.75) is 26.8 Å². The Morgan fingerprint density at radius 1 is 1.28 bits per heavy atom. The highest BCUT2D eigenvalue weighted by molar-refractivity contribution is 9.10. The minimum Gasteiger partial charge on any atom is -0.379 e. The number of nitrogens with zero attached hydrogens (tertiary/aromatic N) is 2. The van der Waals surface area contributed by atoms with Crippen molar-refractivity contribution in [3.05, 3.63) is 52.0 Å². The highest BCUT2D eigenvalue weighted by Gasteiger charge is 2.02. The van der Waals surface area contributed by atoms with Crippen LogP contribution in [-0.2, 0) is 13.0 Å². The minimum atomic E-state index is 0.720. The van der Waals surface area contributed by atoms with Gasteiger partial charge in [-0.3, -0.25) is 0 Å². The largest absolute Gasteiger partial charge is 0.379 e. The molecule has 0 saturated carbocycles. The Kier molecular flexibility index (Phi) is 4.31.